The molecule has 0 aliphatic carbocycles. The van der Waals surface area contributed by atoms with Gasteiger partial charge in [-0.3, -0.25) is 5.73 Å². The summed E-state index contributed by atoms with van der Waals surface area (Å²) in [6.45, 7) is 0. The molecule has 0 fully saturated rings. The summed E-state index contributed by atoms with van der Waals surface area (Å²) in [7, 11) is 1.44. The van der Waals surface area contributed by atoms with Crippen LogP contribution in [-0.4, -0.2) is 25.8 Å². The minimum atomic E-state index is -1.20. The van der Waals surface area contributed by atoms with Crippen molar-refractivity contribution in [1.29, 1.82) is 0 Å². The molecule has 0 aromatic rings. The van der Waals surface area contributed by atoms with Crippen LogP contribution >= 0.6 is 0 Å². The number of nitrogens with zero attached hydrogens (tertiary/aromatic N) is 2. The van der Waals surface area contributed by atoms with Crippen molar-refractivity contribution >= 4 is 12.7 Å². The van der Waals surface area contributed by atoms with Gasteiger partial charge >= 0.3 is 5.97 Å². The molecule has 1 heterocycles. The maximum atomic E-state index is 5.40. The maximum Gasteiger partial charge on any atom is 0.320 e. The van der Waals surface area contributed by atoms with Crippen LogP contribution in [0.3, 0.4) is 0 Å². The highest BCUT2D eigenvalue weighted by atomic mass is 16.5. The van der Waals surface area contributed by atoms with E-state index in [1.165, 1.54) is 19.8 Å². The lowest BCUT2D eigenvalue weighted by Crippen LogP contribution is -2.41. The molecule has 0 atom stereocenters. The number of methoxy groups -OCH3 is 1. The lowest BCUT2D eigenvalue weighted by atomic mass is 10.7. The van der Waals surface area contributed by atoms with Gasteiger partial charge in [0.25, 0.3) is 0 Å². The van der Waals surface area contributed by atoms with Crippen LogP contribution in [0.15, 0.2) is 9.98 Å². The molecule has 0 unspecified atom stereocenters. The van der Waals surface area contributed by atoms with Crippen molar-refractivity contribution in [3.05, 3.63) is 0 Å². The number of aliphatic imine (C=N–C) groups is 2. The van der Waals surface area contributed by atoms with Crippen molar-refractivity contribution in [2.45, 2.75) is 5.97 Å². The first-order valence-electron chi connectivity index (χ1n) is 2.44. The van der Waals surface area contributed by atoms with Gasteiger partial charge in [-0.1, -0.05) is 0 Å². The van der Waals surface area contributed by atoms with E-state index in [0.717, 1.165) is 0 Å². The summed E-state index contributed by atoms with van der Waals surface area (Å²) >= 11 is 0. The fourth-order valence-electron chi connectivity index (χ4n) is 0.432. The zero-order valence-electron chi connectivity index (χ0n) is 5.03. The van der Waals surface area contributed by atoms with Gasteiger partial charge in [0.2, 0.25) is 0 Å². The SMILES string of the molecule is COC1(N)N=CNC=N1. The second-order valence-electron chi connectivity index (χ2n) is 1.55. The average Bonchev–Trinajstić information content (AvgIpc) is 1.90. The van der Waals surface area contributed by atoms with Gasteiger partial charge in [-0.2, -0.15) is 0 Å². The molecule has 1 rings (SSSR count). The quantitative estimate of drug-likeness (QED) is 0.438. The molecule has 0 aromatic heterocycles. The second-order valence-corrected chi connectivity index (χ2v) is 1.55. The van der Waals surface area contributed by atoms with Gasteiger partial charge < -0.3 is 10.1 Å². The molecule has 5 heteroatoms. The highest BCUT2D eigenvalue weighted by Gasteiger charge is 2.20. The summed E-state index contributed by atoms with van der Waals surface area (Å²) in [5.41, 5.74) is 5.40. The first kappa shape index (κ1) is 6.18. The smallest absolute Gasteiger partial charge is 0.320 e. The fraction of sp³-hybridized carbons (Fsp3) is 0.500. The number of ether oxygens (including phenoxy) is 1. The Bertz CT molecular complexity index is 141. The van der Waals surface area contributed by atoms with Crippen molar-refractivity contribution in [1.82, 2.24) is 5.32 Å². The Morgan fingerprint density at radius 2 is 2.11 bits per heavy atom. The van der Waals surface area contributed by atoms with Gasteiger partial charge in [-0.05, 0) is 0 Å². The summed E-state index contributed by atoms with van der Waals surface area (Å²) in [6.07, 6.45) is 2.85. The van der Waals surface area contributed by atoms with Crippen LogP contribution in [-0.2, 0) is 4.74 Å². The first-order valence-corrected chi connectivity index (χ1v) is 2.44. The Hall–Kier alpha value is -0.940. The maximum absolute atomic E-state index is 5.40. The van der Waals surface area contributed by atoms with Crippen LogP contribution in [0.4, 0.5) is 0 Å². The van der Waals surface area contributed by atoms with Gasteiger partial charge in [0.15, 0.2) is 0 Å². The molecule has 1 aliphatic rings. The normalized spacial score (nSPS) is 21.6. The first-order chi connectivity index (χ1) is 4.27. The Morgan fingerprint density at radius 3 is 2.44 bits per heavy atom. The van der Waals surface area contributed by atoms with Gasteiger partial charge in [0.1, 0.15) is 0 Å². The topological polar surface area (TPSA) is 72.0 Å². The van der Waals surface area contributed by atoms with Crippen molar-refractivity contribution in [3.63, 3.8) is 0 Å². The van der Waals surface area contributed by atoms with E-state index in [9.17, 15) is 0 Å². The monoisotopic (exact) mass is 128 g/mol. The standard InChI is InChI=1S/C4H8N4O/c1-9-4(5)7-2-6-3-8-4/h2-3H,5H2,1H3,(H,6,7,8). The summed E-state index contributed by atoms with van der Waals surface area (Å²) in [4.78, 5) is 7.40. The van der Waals surface area contributed by atoms with Crippen LogP contribution < -0.4 is 11.1 Å². The molecule has 0 bridgehead atoms. The Balaban J connectivity index is 2.67. The summed E-state index contributed by atoms with van der Waals surface area (Å²) in [6, 6.07) is 0. The third-order valence-corrected chi connectivity index (χ3v) is 0.949. The van der Waals surface area contributed by atoms with Crippen LogP contribution in [0.25, 0.3) is 0 Å². The Morgan fingerprint density at radius 1 is 1.56 bits per heavy atom. The molecule has 50 valence electrons. The highest BCUT2D eigenvalue weighted by molar-refractivity contribution is 5.76. The predicted octanol–water partition coefficient (Wildman–Crippen LogP) is -1.14. The van der Waals surface area contributed by atoms with Crippen molar-refractivity contribution in [3.8, 4) is 0 Å². The van der Waals surface area contributed by atoms with E-state index in [4.69, 9.17) is 10.5 Å². The second kappa shape index (κ2) is 2.12. The van der Waals surface area contributed by atoms with Crippen molar-refractivity contribution < 1.29 is 4.74 Å². The zero-order valence-corrected chi connectivity index (χ0v) is 5.03. The largest absolute Gasteiger partial charge is 0.338 e. The molecule has 0 amide bonds. The van der Waals surface area contributed by atoms with Crippen LogP contribution in [0.1, 0.15) is 0 Å². The van der Waals surface area contributed by atoms with Crippen molar-refractivity contribution in [2.75, 3.05) is 7.11 Å². The third-order valence-electron chi connectivity index (χ3n) is 0.949. The molecule has 1 aliphatic heterocycles. The molecule has 0 saturated heterocycles. The molecule has 3 N–H and O–H groups in total. The minimum Gasteiger partial charge on any atom is -0.338 e. The summed E-state index contributed by atoms with van der Waals surface area (Å²) in [5, 5.41) is 2.63. The van der Waals surface area contributed by atoms with E-state index in [2.05, 4.69) is 15.3 Å². The average molecular weight is 128 g/mol. The zero-order chi connectivity index (χ0) is 6.74. The van der Waals surface area contributed by atoms with E-state index >= 15 is 0 Å². The summed E-state index contributed by atoms with van der Waals surface area (Å²) in [5.74, 6) is -1.20. The molecular formula is C4H8N4O. The Kier molecular flexibility index (Phi) is 1.46. The van der Waals surface area contributed by atoms with E-state index in [1.54, 1.807) is 0 Å². The van der Waals surface area contributed by atoms with E-state index in [-0.39, 0.29) is 0 Å². The molecule has 0 radical (unpaired) electrons. The number of hydrogen-bond donors (Lipinski definition) is 2. The van der Waals surface area contributed by atoms with E-state index in [1.807, 2.05) is 0 Å². The predicted molar refractivity (Wildman–Crippen MR) is 34.0 cm³/mol. The van der Waals surface area contributed by atoms with Gasteiger partial charge in [0.05, 0.1) is 12.7 Å². The third kappa shape index (κ3) is 1.24. The lowest BCUT2D eigenvalue weighted by molar-refractivity contribution is 0.0106. The number of hydrogen-bond acceptors (Lipinski definition) is 5. The molecule has 5 nitrogen and oxygen atoms in total. The van der Waals surface area contributed by atoms with Gasteiger partial charge in [-0.15, -0.1) is 0 Å². The number of nitrogens with two attached hydrogens (primary N) is 1. The van der Waals surface area contributed by atoms with Gasteiger partial charge in [0, 0.05) is 7.11 Å². The van der Waals surface area contributed by atoms with Crippen LogP contribution in [0.2, 0.25) is 0 Å². The molecule has 0 saturated carbocycles. The van der Waals surface area contributed by atoms with E-state index in [0.29, 0.717) is 0 Å². The summed E-state index contributed by atoms with van der Waals surface area (Å²) < 4.78 is 4.72. The molecule has 0 aromatic carbocycles. The molecule has 0 spiro atoms. The molecule has 9 heavy (non-hydrogen) atoms. The van der Waals surface area contributed by atoms with Crippen LogP contribution in [0, 0.1) is 0 Å². The van der Waals surface area contributed by atoms with Crippen molar-refractivity contribution in [2.24, 2.45) is 15.7 Å². The molecular weight excluding hydrogens is 120 g/mol. The minimum absolute atomic E-state index is 1.20. The van der Waals surface area contributed by atoms with Crippen LogP contribution in [0.5, 0.6) is 0 Å². The highest BCUT2D eigenvalue weighted by Crippen LogP contribution is 2.04. The number of nitrogens with one attached hydrogen (secondary N) is 1. The van der Waals surface area contributed by atoms with Gasteiger partial charge in [-0.25, -0.2) is 9.98 Å². The number of rotatable bonds is 1. The van der Waals surface area contributed by atoms with E-state index < -0.39 is 5.97 Å². The lowest BCUT2D eigenvalue weighted by Gasteiger charge is -2.19. The Labute approximate surface area is 52.6 Å². The fourth-order valence-corrected chi connectivity index (χ4v) is 0.432.